The van der Waals surface area contributed by atoms with Crippen molar-refractivity contribution in [1.29, 1.82) is 0 Å². The van der Waals surface area contributed by atoms with Gasteiger partial charge >= 0.3 is 0 Å². The van der Waals surface area contributed by atoms with E-state index in [1.807, 2.05) is 61.6 Å². The fourth-order valence-corrected chi connectivity index (χ4v) is 5.59. The van der Waals surface area contributed by atoms with Gasteiger partial charge in [0.15, 0.2) is 0 Å². The summed E-state index contributed by atoms with van der Waals surface area (Å²) in [6.45, 7) is 1.93. The summed E-state index contributed by atoms with van der Waals surface area (Å²) in [4.78, 5) is 12.5. The second-order valence-electron chi connectivity index (χ2n) is 7.41. The fraction of sp³-hybridized carbons (Fsp3) is 0.292. The number of sulfonamides is 1. The molecule has 158 valence electrons. The highest BCUT2D eigenvalue weighted by Gasteiger charge is 2.21. The fourth-order valence-electron chi connectivity index (χ4n) is 3.25. The van der Waals surface area contributed by atoms with Crippen LogP contribution < -0.4 is 4.72 Å². The summed E-state index contributed by atoms with van der Waals surface area (Å²) in [6, 6.07) is 16.5. The number of aryl methyl sites for hydroxylation is 1. The molecule has 0 bridgehead atoms. The second-order valence-corrected chi connectivity index (χ2v) is 10.3. The Bertz CT molecular complexity index is 985. The van der Waals surface area contributed by atoms with Crippen LogP contribution in [0.25, 0.3) is 0 Å². The Morgan fingerprint density at radius 1 is 1.03 bits per heavy atom. The lowest BCUT2D eigenvalue weighted by atomic mass is 10.1. The van der Waals surface area contributed by atoms with E-state index < -0.39 is 10.0 Å². The number of nitrogens with one attached hydrogen (secondary N) is 1. The molecule has 0 unspecified atom stereocenters. The maximum Gasteiger partial charge on any atom is 0.240 e. The van der Waals surface area contributed by atoms with Gasteiger partial charge in [-0.05, 0) is 31.0 Å². The highest BCUT2D eigenvalue weighted by molar-refractivity contribution is 7.99. The number of carbonyl (C=O) groups excluding carboxylic acids is 1. The summed E-state index contributed by atoms with van der Waals surface area (Å²) in [5.74, 6) is 1.37. The van der Waals surface area contributed by atoms with Crippen LogP contribution in [0.3, 0.4) is 0 Å². The maximum absolute atomic E-state index is 12.9. The van der Waals surface area contributed by atoms with E-state index in [2.05, 4.69) is 4.72 Å². The molecule has 0 radical (unpaired) electrons. The summed E-state index contributed by atoms with van der Waals surface area (Å²) < 4.78 is 28.6. The van der Waals surface area contributed by atoms with Crippen molar-refractivity contribution in [2.45, 2.75) is 30.7 Å². The van der Waals surface area contributed by atoms with Crippen molar-refractivity contribution in [3.8, 4) is 0 Å². The molecule has 0 saturated carbocycles. The highest BCUT2D eigenvalue weighted by atomic mass is 32.2. The summed E-state index contributed by atoms with van der Waals surface area (Å²) in [6.07, 6.45) is 8.67. The Kier molecular flexibility index (Phi) is 8.08. The molecule has 3 rings (SSSR count). The normalized spacial score (nSPS) is 14.8. The van der Waals surface area contributed by atoms with Gasteiger partial charge in [0.25, 0.3) is 0 Å². The van der Waals surface area contributed by atoms with Crippen LogP contribution in [-0.2, 0) is 21.2 Å². The van der Waals surface area contributed by atoms with Gasteiger partial charge in [0.1, 0.15) is 5.78 Å². The number of thioether (sulfide) groups is 1. The van der Waals surface area contributed by atoms with E-state index in [0.717, 1.165) is 11.1 Å². The lowest BCUT2D eigenvalue weighted by Crippen LogP contribution is -2.38. The SMILES string of the molecule is Cc1ccc(S(=O)(=O)N[C@H](CSCCC(=O)C2C=CC=C2)Cc2ccccc2)cc1. The van der Waals surface area contributed by atoms with Crippen molar-refractivity contribution in [2.24, 2.45) is 5.92 Å². The van der Waals surface area contributed by atoms with E-state index in [1.165, 1.54) is 0 Å². The molecule has 1 aliphatic carbocycles. The zero-order valence-electron chi connectivity index (χ0n) is 17.0. The number of benzene rings is 2. The van der Waals surface area contributed by atoms with E-state index >= 15 is 0 Å². The van der Waals surface area contributed by atoms with Crippen LogP contribution in [-0.4, -0.2) is 31.7 Å². The third kappa shape index (κ3) is 6.69. The first kappa shape index (κ1) is 22.5. The summed E-state index contributed by atoms with van der Waals surface area (Å²) in [5.41, 5.74) is 2.09. The van der Waals surface area contributed by atoms with Crippen molar-refractivity contribution in [3.63, 3.8) is 0 Å². The van der Waals surface area contributed by atoms with Gasteiger partial charge in [-0.1, -0.05) is 72.3 Å². The maximum atomic E-state index is 12.9. The minimum Gasteiger partial charge on any atom is -0.299 e. The molecule has 0 heterocycles. The average molecular weight is 442 g/mol. The smallest absolute Gasteiger partial charge is 0.240 e. The Labute approximate surface area is 183 Å². The summed E-state index contributed by atoms with van der Waals surface area (Å²) >= 11 is 1.61. The Morgan fingerprint density at radius 2 is 1.70 bits per heavy atom. The standard InChI is InChI=1S/C24H27NO3S2/c1-19-11-13-23(14-12-19)30(27,28)25-22(17-20-7-3-2-4-8-20)18-29-16-15-24(26)21-9-5-6-10-21/h2-14,21-22,25H,15-18H2,1H3/t22-/m0/s1. The van der Waals surface area contributed by atoms with Gasteiger partial charge in [-0.3, -0.25) is 4.79 Å². The van der Waals surface area contributed by atoms with Crippen LogP contribution in [0.15, 0.2) is 83.8 Å². The van der Waals surface area contributed by atoms with Gasteiger partial charge in [-0.25, -0.2) is 13.1 Å². The Balaban J connectivity index is 1.61. The molecule has 0 spiro atoms. The Hall–Kier alpha value is -2.15. The van der Waals surface area contributed by atoms with Crippen LogP contribution in [0, 0.1) is 12.8 Å². The van der Waals surface area contributed by atoms with Gasteiger partial charge in [0.05, 0.1) is 10.8 Å². The summed E-state index contributed by atoms with van der Waals surface area (Å²) in [7, 11) is -3.61. The van der Waals surface area contributed by atoms with Gasteiger partial charge in [0.2, 0.25) is 10.0 Å². The third-order valence-corrected chi connectivity index (χ3v) is 7.58. The molecule has 4 nitrogen and oxygen atoms in total. The minimum atomic E-state index is -3.61. The topological polar surface area (TPSA) is 63.2 Å². The number of allylic oxidation sites excluding steroid dienone is 4. The van der Waals surface area contributed by atoms with Crippen LogP contribution in [0.1, 0.15) is 17.5 Å². The first-order chi connectivity index (χ1) is 14.4. The molecule has 1 atom stereocenters. The van der Waals surface area contributed by atoms with Crippen LogP contribution >= 0.6 is 11.8 Å². The molecule has 0 amide bonds. The lowest BCUT2D eigenvalue weighted by molar-refractivity contribution is -0.119. The van der Waals surface area contributed by atoms with E-state index in [0.29, 0.717) is 24.3 Å². The van der Waals surface area contributed by atoms with E-state index in [1.54, 1.807) is 36.0 Å². The van der Waals surface area contributed by atoms with E-state index in [-0.39, 0.29) is 22.6 Å². The number of Topliss-reactive ketones (excluding diaryl/α,β-unsaturated/α-hetero) is 1. The Morgan fingerprint density at radius 3 is 2.37 bits per heavy atom. The zero-order chi connectivity index (χ0) is 21.4. The number of ketones is 1. The monoisotopic (exact) mass is 441 g/mol. The molecule has 0 aliphatic heterocycles. The average Bonchev–Trinajstić information content (AvgIpc) is 3.27. The highest BCUT2D eigenvalue weighted by Crippen LogP contribution is 2.17. The van der Waals surface area contributed by atoms with Gasteiger partial charge in [0, 0.05) is 24.0 Å². The molecule has 30 heavy (non-hydrogen) atoms. The van der Waals surface area contributed by atoms with Crippen LogP contribution in [0.4, 0.5) is 0 Å². The molecule has 0 saturated heterocycles. The number of hydrogen-bond acceptors (Lipinski definition) is 4. The zero-order valence-corrected chi connectivity index (χ0v) is 18.7. The summed E-state index contributed by atoms with van der Waals surface area (Å²) in [5, 5.41) is 0. The molecule has 6 heteroatoms. The van der Waals surface area contributed by atoms with Crippen molar-refractivity contribution < 1.29 is 13.2 Å². The lowest BCUT2D eigenvalue weighted by Gasteiger charge is -2.19. The predicted octanol–water partition coefficient (Wildman–Crippen LogP) is 4.32. The third-order valence-electron chi connectivity index (χ3n) is 4.91. The van der Waals surface area contributed by atoms with Crippen molar-refractivity contribution in [3.05, 3.63) is 90.0 Å². The molecule has 1 aliphatic rings. The molecular weight excluding hydrogens is 414 g/mol. The van der Waals surface area contributed by atoms with Crippen molar-refractivity contribution in [2.75, 3.05) is 11.5 Å². The number of rotatable bonds is 11. The molecular formula is C24H27NO3S2. The molecule has 1 N–H and O–H groups in total. The first-order valence-corrected chi connectivity index (χ1v) is 12.7. The first-order valence-electron chi connectivity index (χ1n) is 10.0. The van der Waals surface area contributed by atoms with E-state index in [9.17, 15) is 13.2 Å². The van der Waals surface area contributed by atoms with Gasteiger partial charge in [-0.2, -0.15) is 11.8 Å². The van der Waals surface area contributed by atoms with Gasteiger partial charge < -0.3 is 0 Å². The molecule has 0 aromatic heterocycles. The van der Waals surface area contributed by atoms with Crippen LogP contribution in [0.2, 0.25) is 0 Å². The van der Waals surface area contributed by atoms with Crippen molar-refractivity contribution >= 4 is 27.6 Å². The quantitative estimate of drug-likeness (QED) is 0.528. The molecule has 2 aromatic carbocycles. The van der Waals surface area contributed by atoms with E-state index in [4.69, 9.17) is 0 Å². The second kappa shape index (κ2) is 10.8. The molecule has 2 aromatic rings. The van der Waals surface area contributed by atoms with Gasteiger partial charge in [-0.15, -0.1) is 0 Å². The van der Waals surface area contributed by atoms with Crippen LogP contribution in [0.5, 0.6) is 0 Å². The molecule has 0 fully saturated rings. The number of hydrogen-bond donors (Lipinski definition) is 1. The predicted molar refractivity (Wildman–Crippen MR) is 124 cm³/mol. The minimum absolute atomic E-state index is 0.106. The largest absolute Gasteiger partial charge is 0.299 e. The number of carbonyl (C=O) groups is 1. The van der Waals surface area contributed by atoms with Crippen molar-refractivity contribution in [1.82, 2.24) is 4.72 Å².